The van der Waals surface area contributed by atoms with Gasteiger partial charge in [-0.2, -0.15) is 11.3 Å². The van der Waals surface area contributed by atoms with Gasteiger partial charge in [0.15, 0.2) is 0 Å². The molecule has 2 rings (SSSR count). The molecule has 2 atom stereocenters. The summed E-state index contributed by atoms with van der Waals surface area (Å²) in [6.45, 7) is 1.63. The largest absolute Gasteiger partial charge is 0.378 e. The second kappa shape index (κ2) is 6.38. The van der Waals surface area contributed by atoms with E-state index in [9.17, 15) is 0 Å². The summed E-state index contributed by atoms with van der Waals surface area (Å²) < 4.78 is 5.98. The van der Waals surface area contributed by atoms with Crippen molar-refractivity contribution < 1.29 is 4.74 Å². The fourth-order valence-corrected chi connectivity index (χ4v) is 3.13. The molecule has 90 valence electrons. The van der Waals surface area contributed by atoms with Gasteiger partial charge in [0.1, 0.15) is 0 Å². The predicted molar refractivity (Wildman–Crippen MR) is 68.8 cm³/mol. The Morgan fingerprint density at radius 3 is 3.00 bits per heavy atom. The van der Waals surface area contributed by atoms with Crippen molar-refractivity contribution in [1.29, 1.82) is 0 Å². The van der Waals surface area contributed by atoms with E-state index in [0.29, 0.717) is 12.0 Å². The van der Waals surface area contributed by atoms with Crippen molar-refractivity contribution in [2.24, 2.45) is 11.7 Å². The number of hydrogen-bond donors (Lipinski definition) is 1. The Morgan fingerprint density at radius 1 is 1.38 bits per heavy atom. The Bertz CT molecular complexity index is 286. The van der Waals surface area contributed by atoms with E-state index in [1.165, 1.54) is 31.2 Å². The van der Waals surface area contributed by atoms with E-state index in [1.54, 1.807) is 11.3 Å². The molecule has 2 N–H and O–H groups in total. The highest BCUT2D eigenvalue weighted by Gasteiger charge is 2.24. The van der Waals surface area contributed by atoms with E-state index in [0.717, 1.165) is 19.6 Å². The second-order valence-corrected chi connectivity index (χ2v) is 5.35. The van der Waals surface area contributed by atoms with Crippen molar-refractivity contribution in [2.75, 3.05) is 13.2 Å². The first kappa shape index (κ1) is 12.1. The number of rotatable bonds is 5. The Labute approximate surface area is 102 Å². The summed E-state index contributed by atoms with van der Waals surface area (Å²) in [6, 6.07) is 2.18. The fraction of sp³-hybridized carbons (Fsp3) is 0.692. The molecule has 1 aliphatic rings. The van der Waals surface area contributed by atoms with E-state index in [1.807, 2.05) is 0 Å². The van der Waals surface area contributed by atoms with Crippen molar-refractivity contribution in [2.45, 2.75) is 38.2 Å². The Hall–Kier alpha value is -0.380. The van der Waals surface area contributed by atoms with Gasteiger partial charge in [-0.3, -0.25) is 0 Å². The van der Waals surface area contributed by atoms with Gasteiger partial charge in [0.05, 0.1) is 12.7 Å². The lowest BCUT2D eigenvalue weighted by atomic mass is 9.86. The third-order valence-electron chi connectivity index (χ3n) is 3.44. The van der Waals surface area contributed by atoms with Crippen molar-refractivity contribution >= 4 is 11.3 Å². The first-order chi connectivity index (χ1) is 7.90. The summed E-state index contributed by atoms with van der Waals surface area (Å²) in [7, 11) is 0. The molecule has 1 aliphatic carbocycles. The maximum Gasteiger partial charge on any atom is 0.0615 e. The Morgan fingerprint density at radius 2 is 2.25 bits per heavy atom. The van der Waals surface area contributed by atoms with E-state index in [-0.39, 0.29) is 0 Å². The maximum atomic E-state index is 5.98. The molecule has 0 saturated heterocycles. The minimum absolute atomic E-state index is 0.414. The van der Waals surface area contributed by atoms with Crippen molar-refractivity contribution in [1.82, 2.24) is 0 Å². The van der Waals surface area contributed by atoms with Crippen LogP contribution in [0.3, 0.4) is 0 Å². The first-order valence-electron chi connectivity index (χ1n) is 6.23. The zero-order valence-electron chi connectivity index (χ0n) is 9.73. The average molecular weight is 239 g/mol. The standard InChI is InChI=1S/C13H21NOS/c14-9-12-3-1-2-4-13(12)15-7-5-11-6-8-16-10-11/h6,8,10,12-13H,1-5,7,9,14H2. The van der Waals surface area contributed by atoms with Crippen LogP contribution in [0.4, 0.5) is 0 Å². The Balaban J connectivity index is 1.71. The smallest absolute Gasteiger partial charge is 0.0615 e. The predicted octanol–water partition coefficient (Wildman–Crippen LogP) is 2.82. The van der Waals surface area contributed by atoms with Gasteiger partial charge in [-0.1, -0.05) is 12.8 Å². The van der Waals surface area contributed by atoms with E-state index in [2.05, 4.69) is 16.8 Å². The van der Waals surface area contributed by atoms with Crippen LogP contribution in [0.25, 0.3) is 0 Å². The second-order valence-electron chi connectivity index (χ2n) is 4.57. The lowest BCUT2D eigenvalue weighted by Crippen LogP contribution is -2.33. The van der Waals surface area contributed by atoms with E-state index >= 15 is 0 Å². The molecule has 1 saturated carbocycles. The molecule has 2 nitrogen and oxygen atoms in total. The number of hydrogen-bond acceptors (Lipinski definition) is 3. The normalized spacial score (nSPS) is 25.8. The van der Waals surface area contributed by atoms with Crippen LogP contribution in [0.15, 0.2) is 16.8 Å². The van der Waals surface area contributed by atoms with E-state index < -0.39 is 0 Å². The van der Waals surface area contributed by atoms with Crippen LogP contribution in [-0.4, -0.2) is 19.3 Å². The molecule has 0 aromatic carbocycles. The molecular weight excluding hydrogens is 218 g/mol. The SMILES string of the molecule is NCC1CCCCC1OCCc1ccsc1. The highest BCUT2D eigenvalue weighted by atomic mass is 32.1. The van der Waals surface area contributed by atoms with Crippen LogP contribution in [0.5, 0.6) is 0 Å². The lowest BCUT2D eigenvalue weighted by molar-refractivity contribution is -0.00631. The molecule has 0 bridgehead atoms. The number of nitrogens with two attached hydrogens (primary N) is 1. The van der Waals surface area contributed by atoms with Gasteiger partial charge in [-0.15, -0.1) is 0 Å². The van der Waals surface area contributed by atoms with Crippen LogP contribution >= 0.6 is 11.3 Å². The van der Waals surface area contributed by atoms with Crippen LogP contribution in [0.1, 0.15) is 31.2 Å². The van der Waals surface area contributed by atoms with Crippen molar-refractivity contribution in [3.63, 3.8) is 0 Å². The van der Waals surface area contributed by atoms with Crippen molar-refractivity contribution in [3.05, 3.63) is 22.4 Å². The molecule has 1 aromatic heterocycles. The molecule has 0 amide bonds. The summed E-state index contributed by atoms with van der Waals surface area (Å²) in [5.74, 6) is 0.594. The zero-order chi connectivity index (χ0) is 11.2. The lowest BCUT2D eigenvalue weighted by Gasteiger charge is -2.30. The molecule has 0 spiro atoms. The topological polar surface area (TPSA) is 35.2 Å². The molecule has 3 heteroatoms. The zero-order valence-corrected chi connectivity index (χ0v) is 10.5. The highest BCUT2D eigenvalue weighted by Crippen LogP contribution is 2.26. The van der Waals surface area contributed by atoms with Crippen LogP contribution in [0, 0.1) is 5.92 Å². The highest BCUT2D eigenvalue weighted by molar-refractivity contribution is 7.07. The van der Waals surface area contributed by atoms with Crippen LogP contribution in [0.2, 0.25) is 0 Å². The van der Waals surface area contributed by atoms with Gasteiger partial charge >= 0.3 is 0 Å². The minimum Gasteiger partial charge on any atom is -0.378 e. The molecule has 1 heterocycles. The minimum atomic E-state index is 0.414. The summed E-state index contributed by atoms with van der Waals surface area (Å²) in [4.78, 5) is 0. The molecule has 2 unspecified atom stereocenters. The summed E-state index contributed by atoms with van der Waals surface area (Å²) in [6.07, 6.45) is 6.53. The average Bonchev–Trinajstić information content (AvgIpc) is 2.83. The third kappa shape index (κ3) is 3.30. The fourth-order valence-electron chi connectivity index (χ4n) is 2.43. The monoisotopic (exact) mass is 239 g/mol. The molecule has 1 aromatic rings. The molecular formula is C13H21NOS. The number of ether oxygens (including phenoxy) is 1. The van der Waals surface area contributed by atoms with Gasteiger partial charge in [-0.05, 0) is 54.1 Å². The van der Waals surface area contributed by atoms with Gasteiger partial charge in [0, 0.05) is 0 Å². The van der Waals surface area contributed by atoms with E-state index in [4.69, 9.17) is 10.5 Å². The van der Waals surface area contributed by atoms with Gasteiger partial charge in [-0.25, -0.2) is 0 Å². The summed E-state index contributed by atoms with van der Waals surface area (Å²) in [5, 5.41) is 4.32. The molecule has 1 fully saturated rings. The maximum absolute atomic E-state index is 5.98. The summed E-state index contributed by atoms with van der Waals surface area (Å²) >= 11 is 1.76. The van der Waals surface area contributed by atoms with Gasteiger partial charge < -0.3 is 10.5 Å². The molecule has 16 heavy (non-hydrogen) atoms. The van der Waals surface area contributed by atoms with Crippen molar-refractivity contribution in [3.8, 4) is 0 Å². The number of thiophene rings is 1. The third-order valence-corrected chi connectivity index (χ3v) is 4.18. The quantitative estimate of drug-likeness (QED) is 0.857. The summed E-state index contributed by atoms with van der Waals surface area (Å²) in [5.41, 5.74) is 7.18. The molecule has 0 aliphatic heterocycles. The van der Waals surface area contributed by atoms with Gasteiger partial charge in [0.25, 0.3) is 0 Å². The van der Waals surface area contributed by atoms with Crippen LogP contribution in [-0.2, 0) is 11.2 Å². The van der Waals surface area contributed by atoms with Gasteiger partial charge in [0.2, 0.25) is 0 Å². The Kier molecular flexibility index (Phi) is 4.82. The first-order valence-corrected chi connectivity index (χ1v) is 7.17. The van der Waals surface area contributed by atoms with Crippen LogP contribution < -0.4 is 5.73 Å². The molecule has 0 radical (unpaired) electrons.